The maximum absolute atomic E-state index is 6.00. The first-order valence-electron chi connectivity index (χ1n) is 6.21. The van der Waals surface area contributed by atoms with E-state index in [-0.39, 0.29) is 0 Å². The minimum absolute atomic E-state index is 0.654. The maximum Gasteiger partial charge on any atom is 0.138 e. The normalized spacial score (nSPS) is 11.1. The van der Waals surface area contributed by atoms with Gasteiger partial charge in [-0.3, -0.25) is 0 Å². The van der Waals surface area contributed by atoms with Gasteiger partial charge in [0.1, 0.15) is 5.82 Å². The van der Waals surface area contributed by atoms with Crippen molar-refractivity contribution in [2.24, 2.45) is 5.73 Å². The second-order valence-corrected chi connectivity index (χ2v) is 4.92. The number of hydrogen-bond acceptors (Lipinski definition) is 2. The van der Waals surface area contributed by atoms with Crippen molar-refractivity contribution in [3.8, 4) is 11.4 Å². The molecule has 0 unspecified atom stereocenters. The Morgan fingerprint density at radius 2 is 2.05 bits per heavy atom. The van der Waals surface area contributed by atoms with Gasteiger partial charge in [0.15, 0.2) is 0 Å². The zero-order chi connectivity index (χ0) is 13.2. The highest BCUT2D eigenvalue weighted by Crippen LogP contribution is 2.23. The van der Waals surface area contributed by atoms with Gasteiger partial charge in [-0.25, -0.2) is 4.98 Å². The molecule has 3 nitrogen and oxygen atoms in total. The van der Waals surface area contributed by atoms with E-state index >= 15 is 0 Å². The first-order valence-corrected chi connectivity index (χ1v) is 6.59. The molecule has 0 amide bonds. The molecule has 3 N–H and O–H groups in total. The molecular formula is C15H14ClN3. The molecule has 19 heavy (non-hydrogen) atoms. The van der Waals surface area contributed by atoms with Crippen molar-refractivity contribution in [2.45, 2.75) is 6.42 Å². The molecule has 0 saturated carbocycles. The quantitative estimate of drug-likeness (QED) is 0.767. The molecule has 0 saturated heterocycles. The monoisotopic (exact) mass is 271 g/mol. The summed E-state index contributed by atoms with van der Waals surface area (Å²) in [6.07, 6.45) is 0.876. The highest BCUT2D eigenvalue weighted by atomic mass is 35.5. The lowest BCUT2D eigenvalue weighted by atomic mass is 10.1. The summed E-state index contributed by atoms with van der Waals surface area (Å²) < 4.78 is 0. The van der Waals surface area contributed by atoms with E-state index in [1.165, 1.54) is 5.56 Å². The Morgan fingerprint density at radius 3 is 2.84 bits per heavy atom. The smallest absolute Gasteiger partial charge is 0.138 e. The molecule has 0 radical (unpaired) electrons. The molecule has 96 valence electrons. The Balaban J connectivity index is 2.06. The van der Waals surface area contributed by atoms with Crippen LogP contribution >= 0.6 is 11.6 Å². The van der Waals surface area contributed by atoms with Crippen LogP contribution in [0.4, 0.5) is 0 Å². The second kappa shape index (κ2) is 5.03. The second-order valence-electron chi connectivity index (χ2n) is 4.49. The molecule has 3 aromatic rings. The van der Waals surface area contributed by atoms with E-state index in [2.05, 4.69) is 22.1 Å². The predicted molar refractivity (Wildman–Crippen MR) is 79.3 cm³/mol. The number of rotatable bonds is 3. The topological polar surface area (TPSA) is 54.7 Å². The summed E-state index contributed by atoms with van der Waals surface area (Å²) in [6.45, 7) is 0.654. The predicted octanol–water partition coefficient (Wildman–Crippen LogP) is 3.38. The van der Waals surface area contributed by atoms with Crippen LogP contribution in [0, 0.1) is 0 Å². The van der Waals surface area contributed by atoms with Crippen LogP contribution in [0.25, 0.3) is 22.4 Å². The van der Waals surface area contributed by atoms with Crippen molar-refractivity contribution in [1.29, 1.82) is 0 Å². The first-order chi connectivity index (χ1) is 9.26. The van der Waals surface area contributed by atoms with Gasteiger partial charge in [-0.05, 0) is 42.8 Å². The molecule has 4 heteroatoms. The summed E-state index contributed by atoms with van der Waals surface area (Å²) in [5, 5.41) is 0.710. The van der Waals surface area contributed by atoms with Gasteiger partial charge in [0.25, 0.3) is 0 Å². The van der Waals surface area contributed by atoms with E-state index in [0.29, 0.717) is 11.6 Å². The van der Waals surface area contributed by atoms with Crippen molar-refractivity contribution in [1.82, 2.24) is 9.97 Å². The Hall–Kier alpha value is -1.84. The average molecular weight is 272 g/mol. The lowest BCUT2D eigenvalue weighted by Crippen LogP contribution is -2.02. The van der Waals surface area contributed by atoms with Crippen LogP contribution in [0.5, 0.6) is 0 Å². The molecule has 3 rings (SSSR count). The van der Waals surface area contributed by atoms with Crippen LogP contribution < -0.4 is 5.73 Å². The average Bonchev–Trinajstić information content (AvgIpc) is 2.82. The van der Waals surface area contributed by atoms with E-state index in [1.54, 1.807) is 0 Å². The lowest BCUT2D eigenvalue weighted by molar-refractivity contribution is 0.970. The van der Waals surface area contributed by atoms with E-state index in [9.17, 15) is 0 Å². The number of nitrogens with two attached hydrogens (primary N) is 1. The van der Waals surface area contributed by atoms with Crippen molar-refractivity contribution >= 4 is 22.6 Å². The highest BCUT2D eigenvalue weighted by molar-refractivity contribution is 6.30. The zero-order valence-corrected chi connectivity index (χ0v) is 11.1. The number of aromatic amines is 1. The molecule has 1 aromatic heterocycles. The molecule has 1 heterocycles. The largest absolute Gasteiger partial charge is 0.338 e. The molecule has 0 atom stereocenters. The summed E-state index contributed by atoms with van der Waals surface area (Å²) in [5.74, 6) is 0.836. The number of nitrogens with one attached hydrogen (secondary N) is 1. The summed E-state index contributed by atoms with van der Waals surface area (Å²) in [7, 11) is 0. The Labute approximate surface area is 116 Å². The van der Waals surface area contributed by atoms with Gasteiger partial charge in [0.05, 0.1) is 11.0 Å². The first kappa shape index (κ1) is 12.2. The van der Waals surface area contributed by atoms with Crippen LogP contribution in [-0.4, -0.2) is 16.5 Å². The third-order valence-corrected chi connectivity index (χ3v) is 3.31. The fourth-order valence-corrected chi connectivity index (χ4v) is 2.34. The van der Waals surface area contributed by atoms with Crippen LogP contribution in [0.3, 0.4) is 0 Å². The number of imidazole rings is 1. The van der Waals surface area contributed by atoms with Crippen LogP contribution in [0.2, 0.25) is 5.02 Å². The molecule has 0 aliphatic rings. The number of halogens is 1. The summed E-state index contributed by atoms with van der Waals surface area (Å²) in [6, 6.07) is 13.9. The number of nitrogens with zero attached hydrogens (tertiary/aromatic N) is 1. The SMILES string of the molecule is NCCc1ccc2nc(-c3cccc(Cl)c3)[nH]c2c1. The number of aromatic nitrogens is 2. The molecular weight excluding hydrogens is 258 g/mol. The van der Waals surface area contributed by atoms with Gasteiger partial charge in [0.2, 0.25) is 0 Å². The fraction of sp³-hybridized carbons (Fsp3) is 0.133. The van der Waals surface area contributed by atoms with Crippen molar-refractivity contribution in [3.63, 3.8) is 0 Å². The van der Waals surface area contributed by atoms with E-state index in [1.807, 2.05) is 30.3 Å². The number of benzene rings is 2. The molecule has 0 bridgehead atoms. The Kier molecular flexibility index (Phi) is 3.23. The highest BCUT2D eigenvalue weighted by Gasteiger charge is 2.06. The minimum atomic E-state index is 0.654. The van der Waals surface area contributed by atoms with Gasteiger partial charge in [-0.2, -0.15) is 0 Å². The van der Waals surface area contributed by atoms with Crippen molar-refractivity contribution < 1.29 is 0 Å². The van der Waals surface area contributed by atoms with Gasteiger partial charge in [0, 0.05) is 10.6 Å². The van der Waals surface area contributed by atoms with Gasteiger partial charge >= 0.3 is 0 Å². The van der Waals surface area contributed by atoms with E-state index in [4.69, 9.17) is 17.3 Å². The molecule has 0 fully saturated rings. The van der Waals surface area contributed by atoms with Crippen LogP contribution in [0.15, 0.2) is 42.5 Å². The summed E-state index contributed by atoms with van der Waals surface area (Å²) in [4.78, 5) is 7.91. The Morgan fingerprint density at radius 1 is 1.16 bits per heavy atom. The summed E-state index contributed by atoms with van der Waals surface area (Å²) >= 11 is 6.00. The molecule has 2 aromatic carbocycles. The maximum atomic E-state index is 6.00. The molecule has 0 aliphatic carbocycles. The van der Waals surface area contributed by atoms with Gasteiger partial charge in [-0.15, -0.1) is 0 Å². The molecule has 0 spiro atoms. The zero-order valence-electron chi connectivity index (χ0n) is 10.4. The van der Waals surface area contributed by atoms with Crippen LogP contribution in [-0.2, 0) is 6.42 Å². The third kappa shape index (κ3) is 2.48. The minimum Gasteiger partial charge on any atom is -0.338 e. The lowest BCUT2D eigenvalue weighted by Gasteiger charge is -1.97. The van der Waals surface area contributed by atoms with Crippen molar-refractivity contribution in [2.75, 3.05) is 6.54 Å². The summed E-state index contributed by atoms with van der Waals surface area (Å²) in [5.41, 5.74) is 9.77. The van der Waals surface area contributed by atoms with Gasteiger partial charge in [-0.1, -0.05) is 29.8 Å². The van der Waals surface area contributed by atoms with E-state index in [0.717, 1.165) is 28.8 Å². The Bertz CT molecular complexity index is 718. The number of fused-ring (bicyclic) bond motifs is 1. The van der Waals surface area contributed by atoms with E-state index < -0.39 is 0 Å². The van der Waals surface area contributed by atoms with Gasteiger partial charge < -0.3 is 10.7 Å². The molecule has 0 aliphatic heterocycles. The number of hydrogen-bond donors (Lipinski definition) is 2. The number of H-pyrrole nitrogens is 1. The fourth-order valence-electron chi connectivity index (χ4n) is 2.15. The standard InChI is InChI=1S/C15H14ClN3/c16-12-3-1-2-11(9-12)15-18-13-5-4-10(6-7-17)8-14(13)19-15/h1-5,8-9H,6-7,17H2,(H,18,19). The third-order valence-electron chi connectivity index (χ3n) is 3.08. The van der Waals surface area contributed by atoms with Crippen molar-refractivity contribution in [3.05, 3.63) is 53.1 Å². The van der Waals surface area contributed by atoms with Crippen LogP contribution in [0.1, 0.15) is 5.56 Å².